The van der Waals surface area contributed by atoms with Gasteiger partial charge in [-0.3, -0.25) is 19.3 Å². The van der Waals surface area contributed by atoms with Gasteiger partial charge in [0.25, 0.3) is 11.1 Å². The molecule has 0 saturated carbocycles. The molecule has 0 unspecified atom stereocenters. The van der Waals surface area contributed by atoms with Gasteiger partial charge in [-0.15, -0.1) is 0 Å². The first kappa shape index (κ1) is 19.8. The van der Waals surface area contributed by atoms with Crippen LogP contribution in [0, 0.1) is 0 Å². The van der Waals surface area contributed by atoms with Crippen LogP contribution in [-0.4, -0.2) is 48.8 Å². The third-order valence-electron chi connectivity index (χ3n) is 4.39. The van der Waals surface area contributed by atoms with E-state index in [1.807, 2.05) is 0 Å². The van der Waals surface area contributed by atoms with Crippen molar-refractivity contribution in [2.45, 2.75) is 0 Å². The number of amides is 3. The second-order valence-corrected chi connectivity index (χ2v) is 7.44. The summed E-state index contributed by atoms with van der Waals surface area (Å²) in [5, 5.41) is 2.18. The second kappa shape index (κ2) is 8.50. The molecule has 2 aromatic rings. The van der Waals surface area contributed by atoms with Crippen LogP contribution in [0.3, 0.4) is 0 Å². The topological polar surface area (TPSA) is 94.2 Å². The summed E-state index contributed by atoms with van der Waals surface area (Å²) in [5.74, 6) is 0.780. The van der Waals surface area contributed by atoms with Crippen LogP contribution in [0.1, 0.15) is 5.56 Å². The number of nitrogens with zero attached hydrogens (tertiary/aromatic N) is 1. The summed E-state index contributed by atoms with van der Waals surface area (Å²) >= 11 is 0.798. The average Bonchev–Trinajstić information content (AvgIpc) is 3.01. The number of benzene rings is 2. The number of methoxy groups -OCH3 is 1. The van der Waals surface area contributed by atoms with Crippen LogP contribution in [0.2, 0.25) is 0 Å². The van der Waals surface area contributed by atoms with Crippen LogP contribution < -0.4 is 19.5 Å². The molecule has 0 bridgehead atoms. The molecule has 0 aromatic heterocycles. The maximum absolute atomic E-state index is 12.6. The first-order valence-electron chi connectivity index (χ1n) is 9.12. The van der Waals surface area contributed by atoms with Gasteiger partial charge in [-0.1, -0.05) is 12.1 Å². The van der Waals surface area contributed by atoms with Gasteiger partial charge in [0.15, 0.2) is 11.5 Å². The van der Waals surface area contributed by atoms with Crippen LogP contribution in [0.4, 0.5) is 10.5 Å². The lowest BCUT2D eigenvalue weighted by Gasteiger charge is -2.19. The van der Waals surface area contributed by atoms with Crippen LogP contribution in [0.15, 0.2) is 47.4 Å². The maximum atomic E-state index is 12.6. The molecule has 154 valence electrons. The van der Waals surface area contributed by atoms with Crippen molar-refractivity contribution in [3.05, 3.63) is 52.9 Å². The average molecular weight is 426 g/mol. The SMILES string of the molecule is COc1cccc(/C=C2/SC(=O)N(CC(=O)Nc3ccc4c(c3)OCCO4)C2=O)c1. The lowest BCUT2D eigenvalue weighted by molar-refractivity contribution is -0.127. The van der Waals surface area contributed by atoms with Gasteiger partial charge >= 0.3 is 0 Å². The summed E-state index contributed by atoms with van der Waals surface area (Å²) < 4.78 is 16.1. The number of nitrogens with one attached hydrogen (secondary N) is 1. The maximum Gasteiger partial charge on any atom is 0.294 e. The molecule has 2 heterocycles. The minimum absolute atomic E-state index is 0.250. The van der Waals surface area contributed by atoms with Crippen LogP contribution in [0.25, 0.3) is 6.08 Å². The van der Waals surface area contributed by atoms with Crippen molar-refractivity contribution in [3.8, 4) is 17.2 Å². The van der Waals surface area contributed by atoms with Crippen molar-refractivity contribution >= 4 is 40.6 Å². The van der Waals surface area contributed by atoms with E-state index in [0.29, 0.717) is 36.1 Å². The molecule has 2 aliphatic heterocycles. The van der Waals surface area contributed by atoms with Crippen molar-refractivity contribution in [1.82, 2.24) is 4.90 Å². The predicted octanol–water partition coefficient (Wildman–Crippen LogP) is 3.14. The number of hydrogen-bond acceptors (Lipinski definition) is 7. The van der Waals surface area contributed by atoms with Gasteiger partial charge in [0, 0.05) is 11.8 Å². The Morgan fingerprint density at radius 2 is 1.97 bits per heavy atom. The Kier molecular flexibility index (Phi) is 5.62. The highest BCUT2D eigenvalue weighted by molar-refractivity contribution is 8.18. The van der Waals surface area contributed by atoms with Gasteiger partial charge in [0.2, 0.25) is 5.91 Å². The molecule has 9 heteroatoms. The van der Waals surface area contributed by atoms with Gasteiger partial charge in [-0.05, 0) is 47.7 Å². The molecule has 30 heavy (non-hydrogen) atoms. The highest BCUT2D eigenvalue weighted by atomic mass is 32.2. The molecular weight excluding hydrogens is 408 g/mol. The molecular formula is C21H18N2O6S. The summed E-state index contributed by atoms with van der Waals surface area (Å²) in [7, 11) is 1.55. The molecule has 4 rings (SSSR count). The predicted molar refractivity (Wildman–Crippen MR) is 112 cm³/mol. The summed E-state index contributed by atoms with van der Waals surface area (Å²) in [6.07, 6.45) is 1.60. The fourth-order valence-electron chi connectivity index (χ4n) is 2.98. The molecule has 0 spiro atoms. The van der Waals surface area contributed by atoms with Gasteiger partial charge in [0.05, 0.1) is 12.0 Å². The standard InChI is InChI=1S/C21H18N2O6S/c1-27-15-4-2-3-13(9-15)10-18-20(25)23(21(26)30-18)12-19(24)22-14-5-6-16-17(11-14)29-8-7-28-16/h2-6,9-11H,7-8,12H2,1H3,(H,22,24)/b18-10+. The summed E-state index contributed by atoms with van der Waals surface area (Å²) in [6.45, 7) is 0.524. The van der Waals surface area contributed by atoms with Crippen LogP contribution >= 0.6 is 11.8 Å². The van der Waals surface area contributed by atoms with E-state index in [-0.39, 0.29) is 11.4 Å². The van der Waals surface area contributed by atoms with Gasteiger partial charge in [-0.2, -0.15) is 0 Å². The normalized spacial score (nSPS) is 16.7. The Morgan fingerprint density at radius 3 is 2.77 bits per heavy atom. The second-order valence-electron chi connectivity index (χ2n) is 6.45. The van der Waals surface area contributed by atoms with Crippen LogP contribution in [-0.2, 0) is 9.59 Å². The van der Waals surface area contributed by atoms with Crippen molar-refractivity contribution < 1.29 is 28.6 Å². The molecule has 0 aliphatic carbocycles. The molecule has 2 aromatic carbocycles. The number of thioether (sulfide) groups is 1. The Labute approximate surface area is 176 Å². The minimum Gasteiger partial charge on any atom is -0.497 e. The zero-order chi connectivity index (χ0) is 21.1. The third-order valence-corrected chi connectivity index (χ3v) is 5.30. The fraction of sp³-hybridized carbons (Fsp3) is 0.190. The molecule has 0 radical (unpaired) electrons. The number of carbonyl (C=O) groups is 3. The molecule has 1 N–H and O–H groups in total. The third kappa shape index (κ3) is 4.25. The monoisotopic (exact) mass is 426 g/mol. The van der Waals surface area contributed by atoms with E-state index < -0.39 is 17.1 Å². The Bertz CT molecular complexity index is 1050. The zero-order valence-corrected chi connectivity index (χ0v) is 16.9. The zero-order valence-electron chi connectivity index (χ0n) is 16.0. The number of rotatable bonds is 5. The summed E-state index contributed by atoms with van der Waals surface area (Å²) in [6, 6.07) is 12.1. The Hall–Kier alpha value is -3.46. The smallest absolute Gasteiger partial charge is 0.294 e. The van der Waals surface area contributed by atoms with Gasteiger partial charge < -0.3 is 19.5 Å². The van der Waals surface area contributed by atoms with Crippen molar-refractivity contribution in [3.63, 3.8) is 0 Å². The van der Waals surface area contributed by atoms with E-state index >= 15 is 0 Å². The Balaban J connectivity index is 1.43. The number of carbonyl (C=O) groups excluding carboxylic acids is 3. The van der Waals surface area contributed by atoms with Gasteiger partial charge in [-0.25, -0.2) is 0 Å². The molecule has 1 saturated heterocycles. The number of fused-ring (bicyclic) bond motifs is 1. The van der Waals surface area contributed by atoms with E-state index in [2.05, 4.69) is 5.32 Å². The highest BCUT2D eigenvalue weighted by Gasteiger charge is 2.36. The van der Waals surface area contributed by atoms with Crippen molar-refractivity contribution in [2.75, 3.05) is 32.2 Å². The molecule has 1 fully saturated rings. The van der Waals surface area contributed by atoms with Crippen molar-refractivity contribution in [1.29, 1.82) is 0 Å². The minimum atomic E-state index is -0.509. The largest absolute Gasteiger partial charge is 0.497 e. The van der Waals surface area contributed by atoms with E-state index in [0.717, 1.165) is 22.2 Å². The number of ether oxygens (including phenoxy) is 3. The summed E-state index contributed by atoms with van der Waals surface area (Å²) in [4.78, 5) is 38.5. The lowest BCUT2D eigenvalue weighted by Crippen LogP contribution is -2.36. The highest BCUT2D eigenvalue weighted by Crippen LogP contribution is 2.34. The summed E-state index contributed by atoms with van der Waals surface area (Å²) in [5.41, 5.74) is 1.21. The van der Waals surface area contributed by atoms with E-state index in [1.54, 1.807) is 55.7 Å². The molecule has 3 amide bonds. The first-order valence-corrected chi connectivity index (χ1v) is 9.94. The lowest BCUT2D eigenvalue weighted by atomic mass is 10.2. The number of imide groups is 1. The van der Waals surface area contributed by atoms with Crippen LogP contribution in [0.5, 0.6) is 17.2 Å². The van der Waals surface area contributed by atoms with Gasteiger partial charge in [0.1, 0.15) is 25.5 Å². The molecule has 8 nitrogen and oxygen atoms in total. The van der Waals surface area contributed by atoms with E-state index in [1.165, 1.54) is 0 Å². The number of hydrogen-bond donors (Lipinski definition) is 1. The first-order chi connectivity index (χ1) is 14.5. The Morgan fingerprint density at radius 1 is 1.17 bits per heavy atom. The molecule has 0 atom stereocenters. The van der Waals surface area contributed by atoms with E-state index in [4.69, 9.17) is 14.2 Å². The fourth-order valence-corrected chi connectivity index (χ4v) is 3.82. The van der Waals surface area contributed by atoms with Crippen molar-refractivity contribution in [2.24, 2.45) is 0 Å². The molecule has 2 aliphatic rings. The number of anilines is 1. The quantitative estimate of drug-likeness (QED) is 0.734. The van der Waals surface area contributed by atoms with E-state index in [9.17, 15) is 14.4 Å².